The Bertz CT molecular complexity index is 423. The fourth-order valence-electron chi connectivity index (χ4n) is 2.29. The summed E-state index contributed by atoms with van der Waals surface area (Å²) in [5.41, 5.74) is 0.740. The highest BCUT2D eigenvalue weighted by molar-refractivity contribution is 7.13. The molecule has 0 bridgehead atoms. The maximum absolute atomic E-state index is 11.2. The summed E-state index contributed by atoms with van der Waals surface area (Å²) in [6.45, 7) is 7.34. The molecule has 0 atom stereocenters. The van der Waals surface area contributed by atoms with Crippen molar-refractivity contribution >= 4 is 17.3 Å². The van der Waals surface area contributed by atoms with Gasteiger partial charge in [-0.2, -0.15) is 0 Å². The number of hydrogen-bond acceptors (Lipinski definition) is 4. The van der Waals surface area contributed by atoms with Crippen molar-refractivity contribution in [2.75, 3.05) is 19.6 Å². The molecular formula is C13H20N2O2S. The monoisotopic (exact) mass is 268 g/mol. The van der Waals surface area contributed by atoms with Gasteiger partial charge in [0.2, 0.25) is 0 Å². The van der Waals surface area contributed by atoms with Gasteiger partial charge < -0.3 is 10.0 Å². The molecular weight excluding hydrogens is 248 g/mol. The zero-order valence-electron chi connectivity index (χ0n) is 11.0. The summed E-state index contributed by atoms with van der Waals surface area (Å²) in [6.07, 6.45) is 3.45. The van der Waals surface area contributed by atoms with Crippen LogP contribution >= 0.6 is 11.3 Å². The third kappa shape index (κ3) is 3.09. The van der Waals surface area contributed by atoms with E-state index in [-0.39, 0.29) is 5.92 Å². The van der Waals surface area contributed by atoms with Crippen LogP contribution in [0.15, 0.2) is 0 Å². The van der Waals surface area contributed by atoms with Crippen molar-refractivity contribution < 1.29 is 9.90 Å². The van der Waals surface area contributed by atoms with Crippen molar-refractivity contribution in [3.8, 4) is 0 Å². The van der Waals surface area contributed by atoms with E-state index in [1.807, 2.05) is 13.8 Å². The van der Waals surface area contributed by atoms with Gasteiger partial charge in [-0.25, -0.2) is 9.78 Å². The van der Waals surface area contributed by atoms with Crippen LogP contribution in [0.4, 0.5) is 0 Å². The van der Waals surface area contributed by atoms with Gasteiger partial charge in [0.15, 0.2) is 0 Å². The Morgan fingerprint density at radius 1 is 1.44 bits per heavy atom. The maximum Gasteiger partial charge on any atom is 0.347 e. The van der Waals surface area contributed by atoms with Gasteiger partial charge in [-0.3, -0.25) is 0 Å². The molecule has 0 radical (unpaired) electrons. The highest BCUT2D eigenvalue weighted by Crippen LogP contribution is 2.25. The van der Waals surface area contributed by atoms with Crippen molar-refractivity contribution in [2.45, 2.75) is 39.0 Å². The number of hydrogen-bond donors (Lipinski definition) is 1. The quantitative estimate of drug-likeness (QED) is 0.892. The van der Waals surface area contributed by atoms with Crippen LogP contribution < -0.4 is 0 Å². The van der Waals surface area contributed by atoms with Crippen LogP contribution in [0.3, 0.4) is 0 Å². The third-order valence-corrected chi connectivity index (χ3v) is 4.40. The summed E-state index contributed by atoms with van der Waals surface area (Å²) in [6, 6.07) is 0. The number of aromatic nitrogens is 1. The molecule has 100 valence electrons. The Labute approximate surface area is 112 Å². The van der Waals surface area contributed by atoms with E-state index in [0.29, 0.717) is 4.88 Å². The van der Waals surface area contributed by atoms with Crippen molar-refractivity contribution in [3.05, 3.63) is 15.6 Å². The molecule has 5 heteroatoms. The van der Waals surface area contributed by atoms with E-state index >= 15 is 0 Å². The highest BCUT2D eigenvalue weighted by atomic mass is 32.1. The lowest BCUT2D eigenvalue weighted by Crippen LogP contribution is -2.21. The molecule has 0 saturated carbocycles. The second-order valence-electron chi connectivity index (χ2n) is 5.08. The summed E-state index contributed by atoms with van der Waals surface area (Å²) in [4.78, 5) is 18.5. The van der Waals surface area contributed by atoms with Crippen LogP contribution in [0.5, 0.6) is 0 Å². The SMILES string of the molecule is CC(C)c1nc(CCN2CCCC2)sc1C(=O)O. The van der Waals surface area contributed by atoms with Crippen LogP contribution in [0, 0.1) is 0 Å². The zero-order chi connectivity index (χ0) is 13.1. The predicted octanol–water partition coefficient (Wildman–Crippen LogP) is 2.60. The number of carboxylic acid groups (broad SMARTS) is 1. The number of aromatic carboxylic acids is 1. The number of carbonyl (C=O) groups is 1. The molecule has 0 aromatic carbocycles. The second-order valence-corrected chi connectivity index (χ2v) is 6.16. The van der Waals surface area contributed by atoms with Crippen LogP contribution in [-0.2, 0) is 6.42 Å². The molecule has 0 unspecified atom stereocenters. The Kier molecular flexibility index (Phi) is 4.35. The molecule has 1 fully saturated rings. The van der Waals surface area contributed by atoms with Crippen LogP contribution in [-0.4, -0.2) is 40.6 Å². The lowest BCUT2D eigenvalue weighted by Gasteiger charge is -2.12. The minimum atomic E-state index is -0.844. The van der Waals surface area contributed by atoms with Gasteiger partial charge in [0.1, 0.15) is 4.88 Å². The summed E-state index contributed by atoms with van der Waals surface area (Å²) in [7, 11) is 0. The molecule has 0 spiro atoms. The molecule has 1 aromatic rings. The molecule has 0 aliphatic carbocycles. The number of likely N-dealkylation sites (tertiary alicyclic amines) is 1. The molecule has 0 amide bonds. The fraction of sp³-hybridized carbons (Fsp3) is 0.692. The first-order valence-corrected chi connectivity index (χ1v) is 7.35. The van der Waals surface area contributed by atoms with E-state index in [9.17, 15) is 4.79 Å². The number of thiazole rings is 1. The summed E-state index contributed by atoms with van der Waals surface area (Å²) < 4.78 is 0. The first-order chi connectivity index (χ1) is 8.58. The van der Waals surface area contributed by atoms with Crippen LogP contribution in [0.25, 0.3) is 0 Å². The summed E-state index contributed by atoms with van der Waals surface area (Å²) >= 11 is 1.34. The van der Waals surface area contributed by atoms with E-state index in [4.69, 9.17) is 5.11 Å². The minimum absolute atomic E-state index is 0.174. The molecule has 1 aliphatic heterocycles. The Hall–Kier alpha value is -0.940. The molecule has 1 N–H and O–H groups in total. The minimum Gasteiger partial charge on any atom is -0.477 e. The molecule has 2 heterocycles. The van der Waals surface area contributed by atoms with Crippen molar-refractivity contribution in [2.24, 2.45) is 0 Å². The molecule has 1 aliphatic rings. The van der Waals surface area contributed by atoms with E-state index in [1.54, 1.807) is 0 Å². The van der Waals surface area contributed by atoms with Gasteiger partial charge in [-0.1, -0.05) is 13.8 Å². The van der Waals surface area contributed by atoms with E-state index < -0.39 is 5.97 Å². The standard InChI is InChI=1S/C13H20N2O2S/c1-9(2)11-12(13(16)17)18-10(14-11)5-8-15-6-3-4-7-15/h9H,3-8H2,1-2H3,(H,16,17). The molecule has 18 heavy (non-hydrogen) atoms. The molecule has 1 saturated heterocycles. The lowest BCUT2D eigenvalue weighted by molar-refractivity contribution is 0.0700. The first-order valence-electron chi connectivity index (χ1n) is 6.53. The first kappa shape index (κ1) is 13.5. The number of carboxylic acids is 1. The molecule has 4 nitrogen and oxygen atoms in total. The topological polar surface area (TPSA) is 53.4 Å². The average Bonchev–Trinajstić information content (AvgIpc) is 2.95. The Morgan fingerprint density at radius 3 is 2.61 bits per heavy atom. The van der Waals surface area contributed by atoms with Crippen LogP contribution in [0.1, 0.15) is 53.0 Å². The van der Waals surface area contributed by atoms with Crippen molar-refractivity contribution in [3.63, 3.8) is 0 Å². The van der Waals surface area contributed by atoms with E-state index in [2.05, 4.69) is 9.88 Å². The third-order valence-electron chi connectivity index (χ3n) is 3.28. The largest absolute Gasteiger partial charge is 0.477 e. The highest BCUT2D eigenvalue weighted by Gasteiger charge is 2.20. The van der Waals surface area contributed by atoms with E-state index in [1.165, 1.54) is 37.3 Å². The predicted molar refractivity (Wildman–Crippen MR) is 72.5 cm³/mol. The van der Waals surface area contributed by atoms with E-state index in [0.717, 1.165) is 23.7 Å². The van der Waals surface area contributed by atoms with Gasteiger partial charge >= 0.3 is 5.97 Å². The van der Waals surface area contributed by atoms with Crippen molar-refractivity contribution in [1.29, 1.82) is 0 Å². The number of rotatable bonds is 5. The lowest BCUT2D eigenvalue weighted by atomic mass is 10.1. The smallest absolute Gasteiger partial charge is 0.347 e. The normalized spacial score (nSPS) is 16.6. The fourth-order valence-corrected chi connectivity index (χ4v) is 3.34. The van der Waals surface area contributed by atoms with Crippen LogP contribution in [0.2, 0.25) is 0 Å². The number of nitrogens with zero attached hydrogens (tertiary/aromatic N) is 2. The summed E-state index contributed by atoms with van der Waals surface area (Å²) in [5, 5.41) is 10.1. The van der Waals surface area contributed by atoms with Gasteiger partial charge in [0.05, 0.1) is 10.7 Å². The Morgan fingerprint density at radius 2 is 2.11 bits per heavy atom. The zero-order valence-corrected chi connectivity index (χ0v) is 11.8. The van der Waals surface area contributed by atoms with Gasteiger partial charge in [0.25, 0.3) is 0 Å². The van der Waals surface area contributed by atoms with Crippen molar-refractivity contribution in [1.82, 2.24) is 9.88 Å². The second kappa shape index (κ2) is 5.80. The van der Waals surface area contributed by atoms with Gasteiger partial charge in [-0.05, 0) is 31.8 Å². The average molecular weight is 268 g/mol. The molecule has 2 rings (SSSR count). The molecule has 1 aromatic heterocycles. The maximum atomic E-state index is 11.2. The van der Waals surface area contributed by atoms with Gasteiger partial charge in [0, 0.05) is 13.0 Å². The Balaban J connectivity index is 2.04. The summed E-state index contributed by atoms with van der Waals surface area (Å²) in [5.74, 6) is -0.670. The van der Waals surface area contributed by atoms with Gasteiger partial charge in [-0.15, -0.1) is 11.3 Å².